The fourth-order valence-electron chi connectivity index (χ4n) is 4.44. The van der Waals surface area contributed by atoms with Crippen LogP contribution >= 0.6 is 24.0 Å². The van der Waals surface area contributed by atoms with Crippen LogP contribution in [-0.4, -0.2) is 24.4 Å². The Balaban J connectivity index is 1.81. The highest BCUT2D eigenvalue weighted by atomic mass is 32.2. The molecule has 2 aliphatic heterocycles. The minimum absolute atomic E-state index is 0.153. The van der Waals surface area contributed by atoms with Crippen molar-refractivity contribution in [2.45, 2.75) is 12.8 Å². The van der Waals surface area contributed by atoms with Crippen molar-refractivity contribution in [3.8, 4) is 17.2 Å². The van der Waals surface area contributed by atoms with Gasteiger partial charge in [-0.1, -0.05) is 66.4 Å². The lowest BCUT2D eigenvalue weighted by molar-refractivity contribution is -0.115. The molecule has 176 valence electrons. The molecule has 0 aliphatic carbocycles. The van der Waals surface area contributed by atoms with E-state index in [9.17, 15) is 4.79 Å². The maximum atomic E-state index is 12.7. The van der Waals surface area contributed by atoms with Crippen molar-refractivity contribution in [2.24, 2.45) is 0 Å². The average molecular weight is 502 g/mol. The van der Waals surface area contributed by atoms with Crippen molar-refractivity contribution in [1.82, 2.24) is 5.32 Å². The lowest BCUT2D eigenvalue weighted by Gasteiger charge is -2.31. The van der Waals surface area contributed by atoms with Gasteiger partial charge in [0.05, 0.1) is 19.1 Å². The molecule has 3 aromatic carbocycles. The molecule has 0 saturated carbocycles. The van der Waals surface area contributed by atoms with Crippen molar-refractivity contribution < 1.29 is 19.0 Å². The summed E-state index contributed by atoms with van der Waals surface area (Å²) in [5, 5.41) is 2.72. The van der Waals surface area contributed by atoms with E-state index in [1.165, 1.54) is 11.8 Å². The minimum Gasteiger partial charge on any atom is -0.493 e. The van der Waals surface area contributed by atoms with E-state index in [-0.39, 0.29) is 11.8 Å². The molecule has 35 heavy (non-hydrogen) atoms. The molecule has 1 atom stereocenters. The molecule has 1 N–H and O–H groups in total. The molecular formula is C28H23NO4S2. The smallest absolute Gasteiger partial charge is 0.263 e. The number of para-hydroxylation sites is 1. The minimum atomic E-state index is -0.207. The molecule has 1 unspecified atom stereocenters. The second-order valence-corrected chi connectivity index (χ2v) is 9.85. The number of carbonyl (C=O) groups excluding carboxylic acids is 1. The molecule has 5 rings (SSSR count). The van der Waals surface area contributed by atoms with Gasteiger partial charge in [0.1, 0.15) is 15.8 Å². The van der Waals surface area contributed by atoms with Gasteiger partial charge in [0.25, 0.3) is 5.91 Å². The van der Waals surface area contributed by atoms with E-state index in [1.54, 1.807) is 14.2 Å². The first-order chi connectivity index (χ1) is 17.0. The fraction of sp³-hybridized carbons (Fsp3) is 0.143. The first-order valence-corrected chi connectivity index (χ1v) is 12.3. The van der Waals surface area contributed by atoms with Gasteiger partial charge >= 0.3 is 0 Å². The number of aryl methyl sites for hydroxylation is 1. The van der Waals surface area contributed by atoms with Gasteiger partial charge in [-0.3, -0.25) is 4.79 Å². The van der Waals surface area contributed by atoms with Gasteiger partial charge in [-0.05, 0) is 48.4 Å². The number of rotatable bonds is 5. The number of allylic oxidation sites excluding steroid dienone is 2. The number of methoxy groups -OCH3 is 2. The summed E-state index contributed by atoms with van der Waals surface area (Å²) in [6.07, 6.45) is 1.90. The van der Waals surface area contributed by atoms with E-state index in [2.05, 4.69) is 30.4 Å². The van der Waals surface area contributed by atoms with Crippen molar-refractivity contribution >= 4 is 40.0 Å². The Bertz CT molecular complexity index is 1410. The number of benzene rings is 3. The van der Waals surface area contributed by atoms with Gasteiger partial charge < -0.3 is 19.5 Å². The Morgan fingerprint density at radius 2 is 1.69 bits per heavy atom. The first-order valence-electron chi connectivity index (χ1n) is 11.0. The topological polar surface area (TPSA) is 56.8 Å². The van der Waals surface area contributed by atoms with Gasteiger partial charge in [0.2, 0.25) is 0 Å². The van der Waals surface area contributed by atoms with Gasteiger partial charge in [-0.25, -0.2) is 0 Å². The third-order valence-electron chi connectivity index (χ3n) is 6.09. The number of carbonyl (C=O) groups is 1. The predicted molar refractivity (Wildman–Crippen MR) is 143 cm³/mol. The standard InChI is InChI=1S/C28H23NO4S2/c1-16-8-4-5-9-18(16)25-19-10-6-7-11-21(19)33-26(17-12-13-22(31-2)23(14-17)32-3)20(25)15-24-27(30)29-28(34)35-24/h4-15,25H,1-3H3,(H,29,30,34). The molecule has 2 heterocycles. The number of fused-ring (bicyclic) bond motifs is 1. The zero-order valence-electron chi connectivity index (χ0n) is 19.5. The van der Waals surface area contributed by atoms with Crippen LogP contribution in [0.4, 0.5) is 0 Å². The molecule has 3 aromatic rings. The molecule has 5 nitrogen and oxygen atoms in total. The molecule has 0 radical (unpaired) electrons. The Kier molecular flexibility index (Phi) is 6.36. The molecular weight excluding hydrogens is 478 g/mol. The second kappa shape index (κ2) is 9.60. The maximum Gasteiger partial charge on any atom is 0.263 e. The van der Waals surface area contributed by atoms with Crippen LogP contribution in [0.1, 0.15) is 28.2 Å². The average Bonchev–Trinajstić information content (AvgIpc) is 3.20. The number of thiocarbonyl (C=S) groups is 1. The summed E-state index contributed by atoms with van der Waals surface area (Å²) in [5.74, 6) is 2.28. The highest BCUT2D eigenvalue weighted by Crippen LogP contribution is 2.48. The summed E-state index contributed by atoms with van der Waals surface area (Å²) in [5.41, 5.74) is 5.00. The molecule has 1 saturated heterocycles. The zero-order valence-corrected chi connectivity index (χ0v) is 21.1. The van der Waals surface area contributed by atoms with Crippen LogP contribution in [0.5, 0.6) is 17.2 Å². The van der Waals surface area contributed by atoms with Crippen LogP contribution in [0.25, 0.3) is 5.76 Å². The van der Waals surface area contributed by atoms with E-state index in [1.807, 2.05) is 54.6 Å². The van der Waals surface area contributed by atoms with Crippen LogP contribution in [-0.2, 0) is 4.79 Å². The van der Waals surface area contributed by atoms with E-state index < -0.39 is 0 Å². The number of hydrogen-bond acceptors (Lipinski definition) is 6. The summed E-state index contributed by atoms with van der Waals surface area (Å²) < 4.78 is 18.0. The third-order valence-corrected chi connectivity index (χ3v) is 7.25. The zero-order chi connectivity index (χ0) is 24.5. The van der Waals surface area contributed by atoms with Crippen LogP contribution in [0.15, 0.2) is 83.3 Å². The van der Waals surface area contributed by atoms with Crippen LogP contribution in [0.3, 0.4) is 0 Å². The fourth-order valence-corrected chi connectivity index (χ4v) is 5.47. The van der Waals surface area contributed by atoms with Gasteiger partial charge in [0, 0.05) is 22.6 Å². The molecule has 0 spiro atoms. The van der Waals surface area contributed by atoms with Crippen LogP contribution in [0, 0.1) is 6.92 Å². The number of nitrogens with one attached hydrogen (secondary N) is 1. The Morgan fingerprint density at radius 1 is 0.971 bits per heavy atom. The molecule has 2 aliphatic rings. The van der Waals surface area contributed by atoms with E-state index in [4.69, 9.17) is 26.4 Å². The molecule has 1 amide bonds. The first kappa shape index (κ1) is 23.2. The van der Waals surface area contributed by atoms with E-state index in [0.29, 0.717) is 26.5 Å². The summed E-state index contributed by atoms with van der Waals surface area (Å²) in [7, 11) is 3.21. The second-order valence-electron chi connectivity index (χ2n) is 8.14. The maximum absolute atomic E-state index is 12.7. The lowest BCUT2D eigenvalue weighted by atomic mass is 9.79. The normalized spacial score (nSPS) is 18.3. The Morgan fingerprint density at radius 3 is 2.37 bits per heavy atom. The van der Waals surface area contributed by atoms with Gasteiger partial charge in [0.15, 0.2) is 11.5 Å². The monoisotopic (exact) mass is 501 g/mol. The summed E-state index contributed by atoms with van der Waals surface area (Å²) in [6.45, 7) is 2.10. The van der Waals surface area contributed by atoms with E-state index in [0.717, 1.165) is 33.6 Å². The Hall–Kier alpha value is -3.55. The summed E-state index contributed by atoms with van der Waals surface area (Å²) in [4.78, 5) is 13.2. The molecule has 0 bridgehead atoms. The van der Waals surface area contributed by atoms with Crippen LogP contribution < -0.4 is 19.5 Å². The van der Waals surface area contributed by atoms with Crippen molar-refractivity contribution in [3.63, 3.8) is 0 Å². The highest BCUT2D eigenvalue weighted by Gasteiger charge is 2.33. The predicted octanol–water partition coefficient (Wildman–Crippen LogP) is 5.98. The quantitative estimate of drug-likeness (QED) is 0.343. The summed E-state index contributed by atoms with van der Waals surface area (Å²) >= 11 is 6.50. The number of amides is 1. The van der Waals surface area contributed by atoms with Crippen LogP contribution in [0.2, 0.25) is 0 Å². The summed E-state index contributed by atoms with van der Waals surface area (Å²) in [6, 6.07) is 22.0. The largest absolute Gasteiger partial charge is 0.493 e. The number of hydrogen-bond donors (Lipinski definition) is 1. The van der Waals surface area contributed by atoms with Crippen molar-refractivity contribution in [2.75, 3.05) is 14.2 Å². The lowest BCUT2D eigenvalue weighted by Crippen LogP contribution is -2.19. The molecule has 7 heteroatoms. The highest BCUT2D eigenvalue weighted by molar-refractivity contribution is 8.26. The van der Waals surface area contributed by atoms with Gasteiger partial charge in [-0.2, -0.15) is 0 Å². The SMILES string of the molecule is COc1ccc(C2=C(C=C3SC(=S)NC3=O)C(c3ccccc3C)c3ccccc3O2)cc1OC. The van der Waals surface area contributed by atoms with E-state index >= 15 is 0 Å². The van der Waals surface area contributed by atoms with Crippen molar-refractivity contribution in [1.29, 1.82) is 0 Å². The third kappa shape index (κ3) is 4.33. The molecule has 0 aromatic heterocycles. The van der Waals surface area contributed by atoms with Gasteiger partial charge in [-0.15, -0.1) is 0 Å². The Labute approximate surface area is 213 Å². The molecule has 1 fully saturated rings. The number of ether oxygens (including phenoxy) is 3. The number of thioether (sulfide) groups is 1. The van der Waals surface area contributed by atoms with Crippen molar-refractivity contribution in [3.05, 3.63) is 106 Å².